The molecule has 8 nitrogen and oxygen atoms in total. The second-order valence-corrected chi connectivity index (χ2v) is 11.9. The summed E-state index contributed by atoms with van der Waals surface area (Å²) in [5, 5.41) is 2.94. The normalized spacial score (nSPS) is 12.8. The first-order valence-electron chi connectivity index (χ1n) is 13.3. The van der Waals surface area contributed by atoms with Crippen LogP contribution in [0, 0.1) is 13.8 Å². The van der Waals surface area contributed by atoms with Gasteiger partial charge in [-0.3, -0.25) is 13.9 Å². The third kappa shape index (κ3) is 7.63. The van der Waals surface area contributed by atoms with Crippen molar-refractivity contribution in [3.05, 3.63) is 89.5 Å². The number of nitrogens with one attached hydrogen (secondary N) is 1. The molecule has 214 valence electrons. The van der Waals surface area contributed by atoms with Gasteiger partial charge in [-0.25, -0.2) is 8.42 Å². The Kier molecular flexibility index (Phi) is 10.3. The van der Waals surface area contributed by atoms with Crippen LogP contribution in [0.15, 0.2) is 77.7 Å². The Bertz CT molecular complexity index is 1420. The number of amides is 2. The summed E-state index contributed by atoms with van der Waals surface area (Å²) in [6.45, 7) is 8.99. The van der Waals surface area contributed by atoms with E-state index in [9.17, 15) is 18.0 Å². The number of sulfonamides is 1. The number of carbonyl (C=O) groups is 2. The van der Waals surface area contributed by atoms with Crippen LogP contribution >= 0.6 is 0 Å². The van der Waals surface area contributed by atoms with Gasteiger partial charge >= 0.3 is 0 Å². The molecule has 40 heavy (non-hydrogen) atoms. The molecule has 0 aliphatic rings. The Morgan fingerprint density at radius 1 is 0.925 bits per heavy atom. The summed E-state index contributed by atoms with van der Waals surface area (Å²) in [6.07, 6.45) is 0.739. The number of ether oxygens (including phenoxy) is 1. The number of anilines is 1. The number of nitrogens with zero attached hydrogens (tertiary/aromatic N) is 2. The zero-order chi connectivity index (χ0) is 29.4. The van der Waals surface area contributed by atoms with Crippen LogP contribution < -0.4 is 14.4 Å². The van der Waals surface area contributed by atoms with Gasteiger partial charge in [0, 0.05) is 18.7 Å². The minimum atomic E-state index is -4.14. The average Bonchev–Trinajstić information content (AvgIpc) is 2.94. The maximum Gasteiger partial charge on any atom is 0.264 e. The lowest BCUT2D eigenvalue weighted by molar-refractivity contribution is -0.139. The molecule has 2 amide bonds. The molecule has 3 rings (SSSR count). The van der Waals surface area contributed by atoms with Crippen molar-refractivity contribution in [2.45, 2.75) is 64.6 Å². The predicted molar refractivity (Wildman–Crippen MR) is 158 cm³/mol. The van der Waals surface area contributed by atoms with Crippen molar-refractivity contribution < 1.29 is 22.7 Å². The van der Waals surface area contributed by atoms with E-state index in [4.69, 9.17) is 4.74 Å². The van der Waals surface area contributed by atoms with Crippen LogP contribution in [0.5, 0.6) is 5.75 Å². The van der Waals surface area contributed by atoms with Crippen LogP contribution in [0.25, 0.3) is 0 Å². The van der Waals surface area contributed by atoms with Gasteiger partial charge in [0.25, 0.3) is 10.0 Å². The van der Waals surface area contributed by atoms with Crippen LogP contribution in [0.2, 0.25) is 0 Å². The minimum Gasteiger partial charge on any atom is -0.497 e. The topological polar surface area (TPSA) is 96.0 Å². The predicted octanol–water partition coefficient (Wildman–Crippen LogP) is 4.84. The van der Waals surface area contributed by atoms with Gasteiger partial charge < -0.3 is 15.0 Å². The van der Waals surface area contributed by atoms with Gasteiger partial charge in [0.2, 0.25) is 11.8 Å². The van der Waals surface area contributed by atoms with Crippen molar-refractivity contribution >= 4 is 27.5 Å². The van der Waals surface area contributed by atoms with E-state index >= 15 is 0 Å². The summed E-state index contributed by atoms with van der Waals surface area (Å²) in [6, 6.07) is 19.8. The SMILES string of the molecule is CC[C@H](C)NC(=O)[C@H](C)N(Cc1cccc(C)c1)C(=O)CN(c1cccc(OC)c1)S(=O)(=O)c1ccc(C)cc1. The second kappa shape index (κ2) is 13.5. The lowest BCUT2D eigenvalue weighted by Gasteiger charge is -2.32. The van der Waals surface area contributed by atoms with Crippen LogP contribution in [0.1, 0.15) is 43.9 Å². The number of hydrogen-bond donors (Lipinski definition) is 1. The lowest BCUT2D eigenvalue weighted by Crippen LogP contribution is -2.52. The third-order valence-electron chi connectivity index (χ3n) is 6.83. The van der Waals surface area contributed by atoms with Gasteiger partial charge in [0.15, 0.2) is 0 Å². The Hall–Kier alpha value is -3.85. The molecule has 0 fully saturated rings. The molecule has 0 unspecified atom stereocenters. The highest BCUT2D eigenvalue weighted by Crippen LogP contribution is 2.28. The molecule has 3 aromatic carbocycles. The van der Waals surface area contributed by atoms with Crippen molar-refractivity contribution in [1.29, 1.82) is 0 Å². The molecule has 0 radical (unpaired) electrons. The van der Waals surface area contributed by atoms with Crippen molar-refractivity contribution in [3.63, 3.8) is 0 Å². The molecule has 1 N–H and O–H groups in total. The average molecular weight is 566 g/mol. The first kappa shape index (κ1) is 30.7. The lowest BCUT2D eigenvalue weighted by atomic mass is 10.1. The maximum absolute atomic E-state index is 14.0. The quantitative estimate of drug-likeness (QED) is 0.339. The summed E-state index contributed by atoms with van der Waals surface area (Å²) in [5.74, 6) is -0.358. The first-order chi connectivity index (χ1) is 19.0. The fourth-order valence-corrected chi connectivity index (χ4v) is 5.59. The highest BCUT2D eigenvalue weighted by Gasteiger charge is 2.33. The number of methoxy groups -OCH3 is 1. The Balaban J connectivity index is 2.05. The van der Waals surface area contributed by atoms with E-state index in [2.05, 4.69) is 5.32 Å². The van der Waals surface area contributed by atoms with Gasteiger partial charge in [-0.05, 0) is 63.9 Å². The molecule has 0 aliphatic carbocycles. The zero-order valence-corrected chi connectivity index (χ0v) is 24.9. The van der Waals surface area contributed by atoms with Crippen molar-refractivity contribution in [2.24, 2.45) is 0 Å². The summed E-state index contributed by atoms with van der Waals surface area (Å²) in [7, 11) is -2.65. The molecule has 0 heterocycles. The van der Waals surface area contributed by atoms with Gasteiger partial charge in [0.1, 0.15) is 18.3 Å². The van der Waals surface area contributed by atoms with E-state index in [-0.39, 0.29) is 29.1 Å². The second-order valence-electron chi connectivity index (χ2n) is 10.0. The number of hydrogen-bond acceptors (Lipinski definition) is 5. The molecule has 0 aliphatic heterocycles. The van der Waals surface area contributed by atoms with E-state index in [1.54, 1.807) is 43.3 Å². The van der Waals surface area contributed by atoms with E-state index < -0.39 is 28.5 Å². The Morgan fingerprint density at radius 3 is 2.23 bits per heavy atom. The Labute approximate surface area is 238 Å². The molecule has 2 atom stereocenters. The van der Waals surface area contributed by atoms with Gasteiger partial charge in [-0.1, -0.05) is 60.5 Å². The largest absolute Gasteiger partial charge is 0.497 e. The van der Waals surface area contributed by atoms with Gasteiger partial charge in [-0.2, -0.15) is 0 Å². The van der Waals surface area contributed by atoms with Crippen molar-refractivity contribution in [3.8, 4) is 5.75 Å². The number of carbonyl (C=O) groups excluding carboxylic acids is 2. The maximum atomic E-state index is 14.0. The third-order valence-corrected chi connectivity index (χ3v) is 8.62. The molecular formula is C31H39N3O5S. The van der Waals surface area contributed by atoms with Crippen LogP contribution in [-0.2, 0) is 26.2 Å². The molecular weight excluding hydrogens is 526 g/mol. The molecule has 0 saturated heterocycles. The highest BCUT2D eigenvalue weighted by molar-refractivity contribution is 7.92. The van der Waals surface area contributed by atoms with Gasteiger partial charge in [-0.15, -0.1) is 0 Å². The number of aryl methyl sites for hydroxylation is 2. The monoisotopic (exact) mass is 565 g/mol. The van der Waals surface area contributed by atoms with E-state index in [0.29, 0.717) is 5.75 Å². The molecule has 0 saturated carbocycles. The molecule has 9 heteroatoms. The van der Waals surface area contributed by atoms with E-state index in [1.807, 2.05) is 52.0 Å². The zero-order valence-electron chi connectivity index (χ0n) is 24.0. The molecule has 0 spiro atoms. The van der Waals surface area contributed by atoms with Crippen molar-refractivity contribution in [1.82, 2.24) is 10.2 Å². The minimum absolute atomic E-state index is 0.0570. The van der Waals surface area contributed by atoms with Gasteiger partial charge in [0.05, 0.1) is 17.7 Å². The fraction of sp³-hybridized carbons (Fsp3) is 0.355. The summed E-state index contributed by atoms with van der Waals surface area (Å²) in [5.41, 5.74) is 3.04. The fourth-order valence-electron chi connectivity index (χ4n) is 4.19. The Morgan fingerprint density at radius 2 is 1.60 bits per heavy atom. The molecule has 0 aromatic heterocycles. The van der Waals surface area contributed by atoms with Crippen LogP contribution in [0.4, 0.5) is 5.69 Å². The van der Waals surface area contributed by atoms with Crippen molar-refractivity contribution in [2.75, 3.05) is 18.0 Å². The highest BCUT2D eigenvalue weighted by atomic mass is 32.2. The standard InChI is InChI=1S/C31H39N3O5S/c1-7-24(4)32-31(36)25(5)33(20-26-11-8-10-23(3)18-26)30(35)21-34(27-12-9-13-28(19-27)39-6)40(37,38)29-16-14-22(2)15-17-29/h8-19,24-25H,7,20-21H2,1-6H3,(H,32,36)/t24-,25-/m0/s1. The van der Waals surface area contributed by atoms with E-state index in [0.717, 1.165) is 27.4 Å². The van der Waals surface area contributed by atoms with E-state index in [1.165, 1.54) is 24.1 Å². The summed E-state index contributed by atoms with van der Waals surface area (Å²) >= 11 is 0. The molecule has 0 bridgehead atoms. The number of rotatable bonds is 12. The summed E-state index contributed by atoms with van der Waals surface area (Å²) < 4.78 is 34.3. The molecule has 3 aromatic rings. The van der Waals surface area contributed by atoms with Crippen LogP contribution in [-0.4, -0.2) is 50.9 Å². The number of benzene rings is 3. The van der Waals surface area contributed by atoms with Crippen LogP contribution in [0.3, 0.4) is 0 Å². The first-order valence-corrected chi connectivity index (χ1v) is 14.8. The summed E-state index contributed by atoms with van der Waals surface area (Å²) in [4.78, 5) is 28.7. The smallest absolute Gasteiger partial charge is 0.264 e.